The van der Waals surface area contributed by atoms with Crippen LogP contribution in [0.4, 0.5) is 5.69 Å². The van der Waals surface area contributed by atoms with Crippen molar-refractivity contribution in [2.75, 3.05) is 18.0 Å². The van der Waals surface area contributed by atoms with Crippen molar-refractivity contribution in [1.29, 1.82) is 0 Å². The Balaban J connectivity index is 2.13. The van der Waals surface area contributed by atoms with E-state index < -0.39 is 5.54 Å². The van der Waals surface area contributed by atoms with Gasteiger partial charge >= 0.3 is 0 Å². The van der Waals surface area contributed by atoms with Gasteiger partial charge in [0.05, 0.1) is 0 Å². The summed E-state index contributed by atoms with van der Waals surface area (Å²) in [6.45, 7) is 2.13. The second-order valence-electron chi connectivity index (χ2n) is 5.77. The van der Waals surface area contributed by atoms with Crippen LogP contribution >= 0.6 is 11.6 Å². The van der Waals surface area contributed by atoms with Crippen LogP contribution in [0.2, 0.25) is 5.02 Å². The summed E-state index contributed by atoms with van der Waals surface area (Å²) in [5.41, 5.74) is 1.76. The van der Waals surface area contributed by atoms with Crippen LogP contribution in [0.1, 0.15) is 44.1 Å². The minimum absolute atomic E-state index is 0.446. The lowest BCUT2D eigenvalue weighted by molar-refractivity contribution is 0.456. The lowest BCUT2D eigenvalue weighted by Gasteiger charge is -2.31. The second-order valence-corrected chi connectivity index (χ2v) is 6.18. The predicted octanol–water partition coefficient (Wildman–Crippen LogP) is 4.05. The van der Waals surface area contributed by atoms with E-state index in [1.165, 1.54) is 12.8 Å². The molecule has 20 heavy (non-hydrogen) atoms. The molecule has 0 radical (unpaired) electrons. The maximum absolute atomic E-state index is 10.9. The number of aliphatic imine (C=N–C) groups is 1. The number of hydrogen-bond donors (Lipinski definition) is 0. The molecule has 1 heterocycles. The highest BCUT2D eigenvalue weighted by molar-refractivity contribution is 6.32. The molecule has 1 aliphatic heterocycles. The van der Waals surface area contributed by atoms with Crippen molar-refractivity contribution in [3.05, 3.63) is 28.8 Å². The molecule has 0 unspecified atom stereocenters. The molecule has 2 fully saturated rings. The Morgan fingerprint density at radius 2 is 1.85 bits per heavy atom. The van der Waals surface area contributed by atoms with Gasteiger partial charge in [0.1, 0.15) is 5.54 Å². The van der Waals surface area contributed by atoms with E-state index in [0.29, 0.717) is 0 Å². The molecule has 1 aromatic carbocycles. The van der Waals surface area contributed by atoms with Crippen LogP contribution in [0.5, 0.6) is 0 Å². The highest BCUT2D eigenvalue weighted by atomic mass is 35.5. The zero-order valence-corrected chi connectivity index (χ0v) is 12.3. The van der Waals surface area contributed by atoms with Gasteiger partial charge in [0.15, 0.2) is 0 Å². The van der Waals surface area contributed by atoms with Crippen LogP contribution in [0.25, 0.3) is 0 Å². The third kappa shape index (κ3) is 2.25. The maximum Gasteiger partial charge on any atom is 0.235 e. The summed E-state index contributed by atoms with van der Waals surface area (Å²) in [6.07, 6.45) is 8.21. The van der Waals surface area contributed by atoms with Crippen LogP contribution in [0, 0.1) is 0 Å². The number of isocyanates is 1. The molecule has 0 amide bonds. The summed E-state index contributed by atoms with van der Waals surface area (Å²) in [5, 5.41) is 0.732. The van der Waals surface area contributed by atoms with Crippen LogP contribution in [-0.2, 0) is 10.3 Å². The normalized spacial score (nSPS) is 20.9. The molecule has 3 nitrogen and oxygen atoms in total. The largest absolute Gasteiger partial charge is 0.371 e. The van der Waals surface area contributed by atoms with Gasteiger partial charge in [0.25, 0.3) is 0 Å². The number of rotatable bonds is 3. The van der Waals surface area contributed by atoms with Crippen LogP contribution in [0.15, 0.2) is 23.2 Å². The Kier molecular flexibility index (Phi) is 3.82. The molecule has 0 spiro atoms. The first-order chi connectivity index (χ1) is 9.77. The van der Waals surface area contributed by atoms with Gasteiger partial charge in [-0.15, -0.1) is 0 Å². The summed E-state index contributed by atoms with van der Waals surface area (Å²) >= 11 is 6.50. The third-order valence-corrected chi connectivity index (χ3v) is 4.91. The summed E-state index contributed by atoms with van der Waals surface area (Å²) in [6, 6.07) is 6.02. The Morgan fingerprint density at radius 1 is 1.15 bits per heavy atom. The van der Waals surface area contributed by atoms with Gasteiger partial charge in [-0.2, -0.15) is 4.99 Å². The number of benzene rings is 1. The smallest absolute Gasteiger partial charge is 0.235 e. The highest BCUT2D eigenvalue weighted by Gasteiger charge is 2.40. The van der Waals surface area contributed by atoms with Crippen molar-refractivity contribution >= 4 is 23.4 Å². The maximum atomic E-state index is 10.9. The summed E-state index contributed by atoms with van der Waals surface area (Å²) in [5.74, 6) is 0. The number of carbonyl (C=O) groups excluding carboxylic acids is 1. The molecular weight excluding hydrogens is 272 g/mol. The van der Waals surface area contributed by atoms with Crippen molar-refractivity contribution in [1.82, 2.24) is 0 Å². The van der Waals surface area contributed by atoms with Crippen LogP contribution in [0.3, 0.4) is 0 Å². The Bertz CT molecular complexity index is 539. The minimum atomic E-state index is -0.446. The van der Waals surface area contributed by atoms with Gasteiger partial charge < -0.3 is 4.90 Å². The molecule has 0 N–H and O–H groups in total. The molecule has 1 saturated carbocycles. The molecule has 1 aliphatic carbocycles. The van der Waals surface area contributed by atoms with E-state index in [1.807, 2.05) is 12.1 Å². The third-order valence-electron chi connectivity index (χ3n) is 4.59. The van der Waals surface area contributed by atoms with E-state index in [0.717, 1.165) is 55.0 Å². The van der Waals surface area contributed by atoms with E-state index in [4.69, 9.17) is 11.6 Å². The zero-order chi connectivity index (χ0) is 14.0. The first-order valence-electron chi connectivity index (χ1n) is 7.40. The number of hydrogen-bond acceptors (Lipinski definition) is 3. The Morgan fingerprint density at radius 3 is 2.50 bits per heavy atom. The molecule has 1 saturated heterocycles. The standard InChI is InChI=1S/C16H19ClN2O/c17-13-6-5-7-14(19-10-3-4-11-19)15(13)16(18-12-20)8-1-2-9-16/h5-7H,1-4,8-11H2. The van der Waals surface area contributed by atoms with Crippen molar-refractivity contribution in [2.45, 2.75) is 44.1 Å². The molecule has 1 aromatic rings. The lowest BCUT2D eigenvalue weighted by Crippen LogP contribution is -2.26. The molecule has 0 bridgehead atoms. The molecule has 0 aromatic heterocycles. The van der Waals surface area contributed by atoms with E-state index in [1.54, 1.807) is 6.08 Å². The lowest BCUT2D eigenvalue weighted by atomic mass is 9.87. The van der Waals surface area contributed by atoms with Crippen molar-refractivity contribution < 1.29 is 4.79 Å². The fraction of sp³-hybridized carbons (Fsp3) is 0.562. The average molecular weight is 291 g/mol. The van der Waals surface area contributed by atoms with Gasteiger partial charge in [0, 0.05) is 29.4 Å². The quantitative estimate of drug-likeness (QED) is 0.621. The summed E-state index contributed by atoms with van der Waals surface area (Å²) in [4.78, 5) is 17.5. The predicted molar refractivity (Wildman–Crippen MR) is 81.2 cm³/mol. The summed E-state index contributed by atoms with van der Waals surface area (Å²) in [7, 11) is 0. The first kappa shape index (κ1) is 13.7. The highest BCUT2D eigenvalue weighted by Crippen LogP contribution is 2.48. The minimum Gasteiger partial charge on any atom is -0.371 e. The fourth-order valence-corrected chi connectivity index (χ4v) is 4.01. The van der Waals surface area contributed by atoms with E-state index >= 15 is 0 Å². The van der Waals surface area contributed by atoms with E-state index in [9.17, 15) is 4.79 Å². The molecular formula is C16H19ClN2O. The van der Waals surface area contributed by atoms with Gasteiger partial charge in [-0.05, 0) is 37.8 Å². The van der Waals surface area contributed by atoms with Crippen molar-refractivity contribution in [3.63, 3.8) is 0 Å². The van der Waals surface area contributed by atoms with Crippen molar-refractivity contribution in [3.8, 4) is 0 Å². The molecule has 3 rings (SSSR count). The first-order valence-corrected chi connectivity index (χ1v) is 7.78. The second kappa shape index (κ2) is 5.59. The monoisotopic (exact) mass is 290 g/mol. The van der Waals surface area contributed by atoms with Crippen LogP contribution in [-0.4, -0.2) is 19.2 Å². The molecule has 106 valence electrons. The number of nitrogens with zero attached hydrogens (tertiary/aromatic N) is 2. The fourth-order valence-electron chi connectivity index (χ4n) is 3.66. The summed E-state index contributed by atoms with van der Waals surface area (Å²) < 4.78 is 0. The van der Waals surface area contributed by atoms with Gasteiger partial charge in [-0.1, -0.05) is 30.5 Å². The van der Waals surface area contributed by atoms with E-state index in [2.05, 4.69) is 16.0 Å². The van der Waals surface area contributed by atoms with Crippen LogP contribution < -0.4 is 4.90 Å². The Hall–Kier alpha value is -1.31. The molecule has 4 heteroatoms. The van der Waals surface area contributed by atoms with E-state index in [-0.39, 0.29) is 0 Å². The van der Waals surface area contributed by atoms with Gasteiger partial charge in [0.2, 0.25) is 6.08 Å². The SMILES string of the molecule is O=C=NC1(c2c(Cl)cccc2N2CCCC2)CCCC1. The van der Waals surface area contributed by atoms with Crippen molar-refractivity contribution in [2.24, 2.45) is 4.99 Å². The van der Waals surface area contributed by atoms with Gasteiger partial charge in [-0.25, -0.2) is 4.79 Å². The topological polar surface area (TPSA) is 32.7 Å². The number of halogens is 1. The average Bonchev–Trinajstić information content (AvgIpc) is 3.10. The molecule has 0 atom stereocenters. The Labute approximate surface area is 124 Å². The number of anilines is 1. The van der Waals surface area contributed by atoms with Gasteiger partial charge in [-0.3, -0.25) is 0 Å². The zero-order valence-electron chi connectivity index (χ0n) is 11.6. The molecule has 2 aliphatic rings.